The number of nitrogens with zero attached hydrogens (tertiary/aromatic N) is 4. The van der Waals surface area contributed by atoms with E-state index in [4.69, 9.17) is 4.74 Å². The van der Waals surface area contributed by atoms with Crippen molar-refractivity contribution in [1.29, 1.82) is 0 Å². The minimum Gasteiger partial charge on any atom is -0.494 e. The van der Waals surface area contributed by atoms with E-state index in [2.05, 4.69) is 5.32 Å². The van der Waals surface area contributed by atoms with Crippen molar-refractivity contribution in [1.82, 2.24) is 13.5 Å². The summed E-state index contributed by atoms with van der Waals surface area (Å²) >= 11 is 0. The Kier molecular flexibility index (Phi) is 7.81. The molecule has 0 bridgehead atoms. The number of amides is 1. The summed E-state index contributed by atoms with van der Waals surface area (Å²) in [5, 5.41) is 13.6. The first kappa shape index (κ1) is 23.4. The zero-order valence-corrected chi connectivity index (χ0v) is 18.5. The number of carbonyl (C=O) groups excluding carboxylic acids is 1. The summed E-state index contributed by atoms with van der Waals surface area (Å²) in [6, 6.07) is 3.98. The second-order valence-corrected chi connectivity index (χ2v) is 9.61. The molecule has 0 aliphatic carbocycles. The van der Waals surface area contributed by atoms with Gasteiger partial charge in [-0.05, 0) is 18.9 Å². The Bertz CT molecular complexity index is 893. The molecule has 2 aliphatic rings. The van der Waals surface area contributed by atoms with E-state index in [0.717, 1.165) is 25.7 Å². The van der Waals surface area contributed by atoms with Crippen LogP contribution in [-0.4, -0.2) is 85.7 Å². The van der Waals surface area contributed by atoms with Gasteiger partial charge in [0.1, 0.15) is 5.75 Å². The van der Waals surface area contributed by atoms with Gasteiger partial charge in [0.05, 0.1) is 30.3 Å². The SMILES string of the molecule is COc1cc([N+](=O)[O-])ccc1NC(=O)CN1CCN(S(=O)(=O)N2CCCCCC2)CC1. The summed E-state index contributed by atoms with van der Waals surface area (Å²) in [5.41, 5.74) is 0.220. The van der Waals surface area contributed by atoms with Crippen LogP contribution in [0.5, 0.6) is 5.75 Å². The van der Waals surface area contributed by atoms with E-state index in [0.29, 0.717) is 45.0 Å². The molecule has 1 amide bonds. The van der Waals surface area contributed by atoms with Crippen LogP contribution in [0.1, 0.15) is 25.7 Å². The molecule has 0 radical (unpaired) electrons. The maximum absolute atomic E-state index is 12.9. The Labute approximate surface area is 182 Å². The lowest BCUT2D eigenvalue weighted by atomic mass is 10.2. The van der Waals surface area contributed by atoms with Gasteiger partial charge in [-0.25, -0.2) is 0 Å². The molecule has 31 heavy (non-hydrogen) atoms. The van der Waals surface area contributed by atoms with Crippen LogP contribution in [0.3, 0.4) is 0 Å². The summed E-state index contributed by atoms with van der Waals surface area (Å²) < 4.78 is 34.0. The van der Waals surface area contributed by atoms with Gasteiger partial charge in [0.2, 0.25) is 5.91 Å². The number of rotatable bonds is 7. The minimum absolute atomic E-state index is 0.0950. The van der Waals surface area contributed by atoms with Gasteiger partial charge in [0.25, 0.3) is 15.9 Å². The third-order valence-electron chi connectivity index (χ3n) is 5.59. The fraction of sp³-hybridized carbons (Fsp3) is 0.632. The van der Waals surface area contributed by atoms with Crippen molar-refractivity contribution in [2.75, 3.05) is 58.2 Å². The van der Waals surface area contributed by atoms with Crippen molar-refractivity contribution in [3.05, 3.63) is 28.3 Å². The molecule has 1 aromatic carbocycles. The van der Waals surface area contributed by atoms with Crippen LogP contribution in [0.15, 0.2) is 18.2 Å². The van der Waals surface area contributed by atoms with E-state index in [1.165, 1.54) is 29.6 Å². The highest BCUT2D eigenvalue weighted by Crippen LogP contribution is 2.29. The van der Waals surface area contributed by atoms with Crippen LogP contribution in [-0.2, 0) is 15.0 Å². The number of nitrogens with one attached hydrogen (secondary N) is 1. The van der Waals surface area contributed by atoms with Crippen molar-refractivity contribution in [2.45, 2.75) is 25.7 Å². The minimum atomic E-state index is -3.46. The Hall–Kier alpha value is -2.28. The molecule has 2 fully saturated rings. The largest absolute Gasteiger partial charge is 0.494 e. The summed E-state index contributed by atoms with van der Waals surface area (Å²) in [4.78, 5) is 24.7. The van der Waals surface area contributed by atoms with Gasteiger partial charge in [-0.15, -0.1) is 0 Å². The van der Waals surface area contributed by atoms with Crippen LogP contribution in [0.25, 0.3) is 0 Å². The second kappa shape index (κ2) is 10.4. The summed E-state index contributed by atoms with van der Waals surface area (Å²) in [6.45, 7) is 2.83. The molecule has 172 valence electrons. The van der Waals surface area contributed by atoms with Crippen molar-refractivity contribution < 1.29 is 22.9 Å². The van der Waals surface area contributed by atoms with Gasteiger partial charge in [-0.3, -0.25) is 19.8 Å². The second-order valence-electron chi connectivity index (χ2n) is 7.69. The number of nitro benzene ring substituents is 1. The molecular formula is C19H29N5O6S. The molecule has 0 unspecified atom stereocenters. The number of ether oxygens (including phenoxy) is 1. The first-order chi connectivity index (χ1) is 14.8. The zero-order valence-electron chi connectivity index (χ0n) is 17.7. The number of hydrogen-bond acceptors (Lipinski definition) is 7. The van der Waals surface area contributed by atoms with Gasteiger partial charge in [0.15, 0.2) is 0 Å². The van der Waals surface area contributed by atoms with Gasteiger partial charge < -0.3 is 10.1 Å². The van der Waals surface area contributed by atoms with Crippen LogP contribution in [0, 0.1) is 10.1 Å². The topological polar surface area (TPSA) is 125 Å². The Morgan fingerprint density at radius 3 is 2.26 bits per heavy atom. The monoisotopic (exact) mass is 455 g/mol. The van der Waals surface area contributed by atoms with E-state index in [1.807, 2.05) is 4.90 Å². The number of anilines is 1. The molecule has 12 heteroatoms. The molecular weight excluding hydrogens is 426 g/mol. The van der Waals surface area contributed by atoms with E-state index < -0.39 is 15.1 Å². The van der Waals surface area contributed by atoms with E-state index in [1.54, 1.807) is 4.31 Å². The van der Waals surface area contributed by atoms with Crippen LogP contribution < -0.4 is 10.1 Å². The zero-order chi connectivity index (χ0) is 22.4. The highest BCUT2D eigenvalue weighted by atomic mass is 32.2. The standard InChI is InChI=1S/C19H29N5O6S/c1-30-18-14-16(24(26)27)6-7-17(18)20-19(25)15-21-10-12-23(13-11-21)31(28,29)22-8-4-2-3-5-9-22/h6-7,14H,2-5,8-13,15H2,1H3,(H,20,25). The Morgan fingerprint density at radius 1 is 1.06 bits per heavy atom. The quantitative estimate of drug-likeness (QED) is 0.485. The number of nitro groups is 1. The molecule has 3 rings (SSSR count). The number of piperazine rings is 1. The summed E-state index contributed by atoms with van der Waals surface area (Å²) in [7, 11) is -2.09. The van der Waals surface area contributed by atoms with Crippen molar-refractivity contribution in [3.63, 3.8) is 0 Å². The Morgan fingerprint density at radius 2 is 1.68 bits per heavy atom. The van der Waals surface area contributed by atoms with Gasteiger partial charge in [-0.2, -0.15) is 17.0 Å². The summed E-state index contributed by atoms with van der Waals surface area (Å²) in [6.07, 6.45) is 3.92. The number of methoxy groups -OCH3 is 1. The van der Waals surface area contributed by atoms with Crippen molar-refractivity contribution in [3.8, 4) is 5.75 Å². The normalized spacial score (nSPS) is 19.5. The van der Waals surface area contributed by atoms with Gasteiger partial charge in [0, 0.05) is 45.3 Å². The molecule has 0 saturated carbocycles. The average Bonchev–Trinajstić information content (AvgIpc) is 3.04. The molecule has 11 nitrogen and oxygen atoms in total. The molecule has 0 atom stereocenters. The van der Waals surface area contributed by atoms with Crippen LogP contribution in [0.4, 0.5) is 11.4 Å². The smallest absolute Gasteiger partial charge is 0.282 e. The fourth-order valence-electron chi connectivity index (χ4n) is 3.84. The molecule has 0 aromatic heterocycles. The van der Waals surface area contributed by atoms with E-state index >= 15 is 0 Å². The lowest BCUT2D eigenvalue weighted by Crippen LogP contribution is -2.54. The first-order valence-electron chi connectivity index (χ1n) is 10.4. The maximum Gasteiger partial charge on any atom is 0.282 e. The van der Waals surface area contributed by atoms with Gasteiger partial charge in [-0.1, -0.05) is 12.8 Å². The maximum atomic E-state index is 12.9. The lowest BCUT2D eigenvalue weighted by molar-refractivity contribution is -0.384. The Balaban J connectivity index is 1.53. The predicted molar refractivity (Wildman–Crippen MR) is 115 cm³/mol. The molecule has 1 N–H and O–H groups in total. The van der Waals surface area contributed by atoms with Gasteiger partial charge >= 0.3 is 0 Å². The molecule has 0 spiro atoms. The van der Waals surface area contributed by atoms with E-state index in [9.17, 15) is 23.3 Å². The highest BCUT2D eigenvalue weighted by molar-refractivity contribution is 7.86. The predicted octanol–water partition coefficient (Wildman–Crippen LogP) is 1.28. The van der Waals surface area contributed by atoms with Crippen molar-refractivity contribution >= 4 is 27.5 Å². The third-order valence-corrected chi connectivity index (χ3v) is 7.62. The molecule has 2 saturated heterocycles. The highest BCUT2D eigenvalue weighted by Gasteiger charge is 2.32. The first-order valence-corrected chi connectivity index (χ1v) is 11.8. The van der Waals surface area contributed by atoms with Crippen molar-refractivity contribution in [2.24, 2.45) is 0 Å². The molecule has 2 aliphatic heterocycles. The number of benzene rings is 1. The fourth-order valence-corrected chi connectivity index (χ4v) is 5.51. The third kappa shape index (κ3) is 5.91. The summed E-state index contributed by atoms with van der Waals surface area (Å²) in [5.74, 6) is -0.0908. The van der Waals surface area contributed by atoms with Crippen LogP contribution in [0.2, 0.25) is 0 Å². The lowest BCUT2D eigenvalue weighted by Gasteiger charge is -2.36. The average molecular weight is 456 g/mol. The van der Waals surface area contributed by atoms with Crippen LogP contribution >= 0.6 is 0 Å². The number of carbonyl (C=O) groups is 1. The molecule has 1 aromatic rings. The number of hydrogen-bond donors (Lipinski definition) is 1. The van der Waals surface area contributed by atoms with E-state index in [-0.39, 0.29) is 23.9 Å². The molecule has 2 heterocycles. The number of non-ortho nitro benzene ring substituents is 1.